The highest BCUT2D eigenvalue weighted by atomic mass is 32.1. The number of hydrogen-bond donors (Lipinski definition) is 20. The summed E-state index contributed by atoms with van der Waals surface area (Å²) >= 11 is 4.08. The molecule has 1 rings (SSSR count). The number of hydrogen-bond acceptors (Lipinski definition) is 20. The quantitative estimate of drug-likeness (QED) is 0.0272. The summed E-state index contributed by atoms with van der Waals surface area (Å²) in [5.74, 6) is -20.2. The summed E-state index contributed by atoms with van der Waals surface area (Å²) < 4.78 is 0. The fourth-order valence-electron chi connectivity index (χ4n) is 7.64. The van der Waals surface area contributed by atoms with Gasteiger partial charge in [0.25, 0.3) is 0 Å². The summed E-state index contributed by atoms with van der Waals surface area (Å²) in [7, 11) is 0. The van der Waals surface area contributed by atoms with Gasteiger partial charge in [-0.1, -0.05) is 39.8 Å². The first kappa shape index (κ1) is 75.3. The van der Waals surface area contributed by atoms with Crippen LogP contribution in [0, 0.1) is 11.8 Å². The third kappa shape index (κ3) is 27.3. The van der Waals surface area contributed by atoms with Crippen molar-refractivity contribution in [2.24, 2.45) is 29.0 Å². The number of nitrogens with one attached hydrogen (secondary N) is 10. The summed E-state index contributed by atoms with van der Waals surface area (Å²) in [5.41, 5.74) is 16.4. The SMILES string of the molecule is CC(C)C[C@H](NC(=O)[C@@H](N)CCC(N)=O)C(=O)N[C@H](C(=O)N[C@@H](CO)C(=O)N[C@@H](Cc1ccc(O)cc1)C(=O)N[C@@H](CC(=O)O)C(=O)N[C@@H](CS)C(=O)N[C@@H](CCC(=O)O)C(=O)N[C@H](C(=O)N[C@@H](CC(N)=O)C(=O)N[C@@H](C)C(=O)O)C(C)C)[C@@H](C)O. The minimum atomic E-state index is -2.10. The van der Waals surface area contributed by atoms with Crippen LogP contribution in [0.1, 0.15) is 92.1 Å². The van der Waals surface area contributed by atoms with Crippen molar-refractivity contribution in [1.82, 2.24) is 53.2 Å². The van der Waals surface area contributed by atoms with E-state index in [0.717, 1.165) is 13.8 Å². The normalized spacial score (nSPS) is 15.3. The number of phenols is 1. The van der Waals surface area contributed by atoms with Gasteiger partial charge in [-0.15, -0.1) is 0 Å². The van der Waals surface area contributed by atoms with E-state index in [1.54, 1.807) is 13.8 Å². The molecule has 35 heteroatoms. The Kier molecular flexibility index (Phi) is 32.3. The molecule has 0 saturated carbocycles. The maximum Gasteiger partial charge on any atom is 0.325 e. The number of primary amides is 2. The van der Waals surface area contributed by atoms with Gasteiger partial charge in [0.05, 0.1) is 31.6 Å². The molecule has 22 N–H and O–H groups in total. The van der Waals surface area contributed by atoms with Gasteiger partial charge in [-0.05, 0) is 62.6 Å². The first-order chi connectivity index (χ1) is 40.0. The van der Waals surface area contributed by atoms with E-state index < -0.39 is 212 Å². The van der Waals surface area contributed by atoms with Gasteiger partial charge in [0.2, 0.25) is 70.9 Å². The maximum absolute atomic E-state index is 14.1. The third-order valence-electron chi connectivity index (χ3n) is 12.4. The van der Waals surface area contributed by atoms with E-state index in [0.29, 0.717) is 0 Å². The van der Waals surface area contributed by atoms with E-state index in [9.17, 15) is 103 Å². The molecule has 0 heterocycles. The Balaban J connectivity index is 3.51. The largest absolute Gasteiger partial charge is 0.508 e. The molecule has 0 aliphatic heterocycles. The van der Waals surface area contributed by atoms with Crippen LogP contribution in [0.2, 0.25) is 0 Å². The highest BCUT2D eigenvalue weighted by Crippen LogP contribution is 2.14. The van der Waals surface area contributed by atoms with Gasteiger partial charge < -0.3 is 101 Å². The van der Waals surface area contributed by atoms with Gasteiger partial charge in [-0.3, -0.25) is 71.9 Å². The average Bonchev–Trinajstić information content (AvgIpc) is 1.94. The number of aliphatic carboxylic acids is 3. The molecule has 12 amide bonds. The Morgan fingerprint density at radius 3 is 1.43 bits per heavy atom. The number of phenolic OH excluding ortho intramolecular Hbond substituents is 1. The van der Waals surface area contributed by atoms with Crippen LogP contribution in [0.25, 0.3) is 0 Å². The topological polar surface area (TPSA) is 576 Å². The summed E-state index contributed by atoms with van der Waals surface area (Å²) in [5, 5.41) is 81.6. The minimum absolute atomic E-state index is 0.0156. The number of aliphatic hydroxyl groups excluding tert-OH is 2. The first-order valence-electron chi connectivity index (χ1n) is 26.7. The van der Waals surface area contributed by atoms with E-state index in [1.807, 2.05) is 0 Å². The number of carbonyl (C=O) groups is 15. The zero-order valence-corrected chi connectivity index (χ0v) is 48.8. The molecule has 0 fully saturated rings. The molecule has 0 spiro atoms. The smallest absolute Gasteiger partial charge is 0.325 e. The molecule has 0 radical (unpaired) electrons. The molecular weight excluding hydrogens is 1160 g/mol. The molecule has 0 aliphatic rings. The van der Waals surface area contributed by atoms with Gasteiger partial charge in [0.15, 0.2) is 0 Å². The fourth-order valence-corrected chi connectivity index (χ4v) is 7.90. The second-order valence-corrected chi connectivity index (χ2v) is 21.0. The van der Waals surface area contributed by atoms with Crippen molar-refractivity contribution < 1.29 is 103 Å². The Labute approximate surface area is 498 Å². The monoisotopic (exact) mass is 1240 g/mol. The second kappa shape index (κ2) is 36.9. The second-order valence-electron chi connectivity index (χ2n) is 20.6. The van der Waals surface area contributed by atoms with Gasteiger partial charge >= 0.3 is 17.9 Å². The number of aromatic hydroxyl groups is 1. The number of thiol groups is 1. The number of nitrogens with two attached hydrogens (primary N) is 3. The Morgan fingerprint density at radius 1 is 0.488 bits per heavy atom. The Morgan fingerprint density at radius 2 is 0.930 bits per heavy atom. The highest BCUT2D eigenvalue weighted by molar-refractivity contribution is 7.80. The Bertz CT molecular complexity index is 2610. The molecule has 1 aromatic rings. The van der Waals surface area contributed by atoms with Gasteiger partial charge in [0, 0.05) is 25.0 Å². The average molecular weight is 1240 g/mol. The van der Waals surface area contributed by atoms with Crippen molar-refractivity contribution in [3.8, 4) is 5.75 Å². The third-order valence-corrected chi connectivity index (χ3v) is 12.8. The summed E-state index contributed by atoms with van der Waals surface area (Å²) in [6.45, 7) is 7.23. The highest BCUT2D eigenvalue weighted by Gasteiger charge is 2.38. The maximum atomic E-state index is 14.1. The number of amides is 12. The number of carboxylic acids is 3. The lowest BCUT2D eigenvalue weighted by Gasteiger charge is -2.28. The van der Waals surface area contributed by atoms with Gasteiger partial charge in [0.1, 0.15) is 66.2 Å². The molecule has 0 unspecified atom stereocenters. The molecular formula is C51H79N13O21S. The number of carbonyl (C=O) groups excluding carboxylic acids is 12. The van der Waals surface area contributed by atoms with Crippen LogP contribution in [-0.2, 0) is 78.3 Å². The lowest BCUT2D eigenvalue weighted by molar-refractivity contribution is -0.142. The van der Waals surface area contributed by atoms with Crippen LogP contribution in [0.15, 0.2) is 24.3 Å². The fraction of sp³-hybridized carbons (Fsp3) is 0.588. The minimum Gasteiger partial charge on any atom is -0.508 e. The van der Waals surface area contributed by atoms with Crippen molar-refractivity contribution in [3.05, 3.63) is 29.8 Å². The number of carboxylic acid groups (broad SMARTS) is 3. The van der Waals surface area contributed by atoms with Crippen molar-refractivity contribution in [2.45, 2.75) is 165 Å². The molecule has 0 saturated heterocycles. The van der Waals surface area contributed by atoms with Crippen LogP contribution in [-0.4, -0.2) is 204 Å². The van der Waals surface area contributed by atoms with Crippen LogP contribution in [0.5, 0.6) is 5.75 Å². The molecule has 480 valence electrons. The Hall–Kier alpha value is -8.70. The lowest BCUT2D eigenvalue weighted by Crippen LogP contribution is -2.62. The first-order valence-corrected chi connectivity index (χ1v) is 27.3. The van der Waals surface area contributed by atoms with Gasteiger partial charge in [-0.25, -0.2) is 0 Å². The zero-order chi connectivity index (χ0) is 65.9. The molecule has 34 nitrogen and oxygen atoms in total. The number of aliphatic hydroxyl groups is 2. The van der Waals surface area contributed by atoms with Gasteiger partial charge in [-0.2, -0.15) is 12.6 Å². The predicted octanol–water partition coefficient (Wildman–Crippen LogP) is -7.30. The molecule has 0 aliphatic carbocycles. The molecule has 12 atom stereocenters. The van der Waals surface area contributed by atoms with Crippen LogP contribution >= 0.6 is 12.6 Å². The van der Waals surface area contributed by atoms with Crippen LogP contribution in [0.3, 0.4) is 0 Å². The molecule has 86 heavy (non-hydrogen) atoms. The summed E-state index contributed by atoms with van der Waals surface area (Å²) in [6, 6.07) is -13.8. The molecule has 0 bridgehead atoms. The zero-order valence-electron chi connectivity index (χ0n) is 47.9. The summed E-state index contributed by atoms with van der Waals surface area (Å²) in [4.78, 5) is 194. The number of rotatable bonds is 39. The van der Waals surface area contributed by atoms with E-state index in [1.165, 1.54) is 38.1 Å². The molecule has 1 aromatic carbocycles. The van der Waals surface area contributed by atoms with Crippen molar-refractivity contribution >= 4 is 101 Å². The van der Waals surface area contributed by atoms with E-state index in [-0.39, 0.29) is 36.5 Å². The van der Waals surface area contributed by atoms with Crippen LogP contribution < -0.4 is 70.4 Å². The van der Waals surface area contributed by atoms with Crippen molar-refractivity contribution in [3.63, 3.8) is 0 Å². The summed E-state index contributed by atoms with van der Waals surface area (Å²) in [6.07, 6.45) is -6.08. The lowest BCUT2D eigenvalue weighted by atomic mass is 10.0. The predicted molar refractivity (Wildman–Crippen MR) is 301 cm³/mol. The van der Waals surface area contributed by atoms with Crippen LogP contribution in [0.4, 0.5) is 0 Å². The standard InChI is InChI=1S/C51H79N13O21S/c1-21(2)15-29(57-41(74)27(52)11-13-35(53)68)46(79)64-40(24(6)66)50(83)61-33(19-65)47(80)58-30(16-25-7-9-26(67)10-8-25)44(77)59-32(18-38(72)73)45(78)62-34(20-86)48(81)56-28(12-14-37(70)71)42(75)63-39(22(3)4)49(82)60-31(17-36(54)69)43(76)55-23(5)51(84)85/h7-10,21-24,27-34,39-40,65-67,86H,11-20,52H2,1-6H3,(H2,53,68)(H2,54,69)(H,55,76)(H,56,81)(H,57,74)(H,58,80)(H,59,77)(H,60,82)(H,61,83)(H,62,78)(H,63,75)(H,64,79)(H,70,71)(H,72,73)(H,84,85)/t23-,24+,27-,28-,29-,30-,31-,32-,33-,34-,39-,40-/m0/s1. The van der Waals surface area contributed by atoms with Crippen molar-refractivity contribution in [2.75, 3.05) is 12.4 Å². The molecule has 0 aromatic heterocycles. The number of benzene rings is 1. The van der Waals surface area contributed by atoms with Crippen molar-refractivity contribution in [1.29, 1.82) is 0 Å². The van der Waals surface area contributed by atoms with E-state index in [2.05, 4.69) is 65.8 Å². The van der Waals surface area contributed by atoms with E-state index in [4.69, 9.17) is 17.2 Å². The van der Waals surface area contributed by atoms with E-state index >= 15 is 0 Å².